The predicted octanol–water partition coefficient (Wildman–Crippen LogP) is 1.37. The van der Waals surface area contributed by atoms with Gasteiger partial charge in [0.1, 0.15) is 0 Å². The fourth-order valence-electron chi connectivity index (χ4n) is 1.21. The minimum Gasteiger partial charge on any atom is -0.352 e. The number of aromatic amines is 1. The molecule has 88 valence electrons. The number of rotatable bonds is 5. The van der Waals surface area contributed by atoms with Crippen LogP contribution in [0.2, 0.25) is 0 Å². The number of pyridine rings is 1. The zero-order valence-electron chi connectivity index (χ0n) is 9.13. The molecule has 2 N–H and O–H groups in total. The second kappa shape index (κ2) is 6.33. The van der Waals surface area contributed by atoms with Gasteiger partial charge in [0.25, 0.3) is 5.91 Å². The first-order valence-electron chi connectivity index (χ1n) is 5.16. The molecule has 4 nitrogen and oxygen atoms in total. The number of amides is 1. The quantitative estimate of drug-likeness (QED) is 0.766. The van der Waals surface area contributed by atoms with E-state index >= 15 is 0 Å². The molecule has 0 radical (unpaired) electrons. The standard InChI is InChI=1S/C11H15ClN2O2/c1-8(4-5-12)6-14-11(16)9-2-3-10(15)13-7-9/h2-3,7-8H,4-6H2,1H3,(H,13,15)(H,14,16). The first kappa shape index (κ1) is 12.8. The number of carbonyl (C=O) groups excluding carboxylic acids is 1. The highest BCUT2D eigenvalue weighted by molar-refractivity contribution is 6.17. The maximum Gasteiger partial charge on any atom is 0.252 e. The molecule has 16 heavy (non-hydrogen) atoms. The Hall–Kier alpha value is -1.29. The Morgan fingerprint density at radius 2 is 2.31 bits per heavy atom. The van der Waals surface area contributed by atoms with E-state index in [1.807, 2.05) is 6.92 Å². The largest absolute Gasteiger partial charge is 0.352 e. The molecule has 0 aliphatic rings. The van der Waals surface area contributed by atoms with E-state index in [0.29, 0.717) is 23.9 Å². The molecule has 0 saturated carbocycles. The third kappa shape index (κ3) is 4.06. The van der Waals surface area contributed by atoms with Gasteiger partial charge in [-0.3, -0.25) is 9.59 Å². The summed E-state index contributed by atoms with van der Waals surface area (Å²) in [7, 11) is 0. The van der Waals surface area contributed by atoms with Crippen LogP contribution in [0.15, 0.2) is 23.1 Å². The van der Waals surface area contributed by atoms with E-state index in [4.69, 9.17) is 11.6 Å². The lowest BCUT2D eigenvalue weighted by Crippen LogP contribution is -2.28. The molecule has 0 bridgehead atoms. The zero-order chi connectivity index (χ0) is 12.0. The summed E-state index contributed by atoms with van der Waals surface area (Å²) >= 11 is 5.59. The molecule has 0 saturated heterocycles. The summed E-state index contributed by atoms with van der Waals surface area (Å²) in [5, 5.41) is 2.78. The third-order valence-corrected chi connectivity index (χ3v) is 2.48. The topological polar surface area (TPSA) is 62.0 Å². The van der Waals surface area contributed by atoms with Crippen molar-refractivity contribution >= 4 is 17.5 Å². The van der Waals surface area contributed by atoms with Gasteiger partial charge >= 0.3 is 0 Å². The minimum absolute atomic E-state index is 0.183. The van der Waals surface area contributed by atoms with Crippen LogP contribution in [0.25, 0.3) is 0 Å². The molecule has 0 aliphatic carbocycles. The van der Waals surface area contributed by atoms with Crippen molar-refractivity contribution in [3.8, 4) is 0 Å². The summed E-state index contributed by atoms with van der Waals surface area (Å²) in [6.45, 7) is 2.61. The average molecular weight is 243 g/mol. The summed E-state index contributed by atoms with van der Waals surface area (Å²) in [6.07, 6.45) is 2.28. The Morgan fingerprint density at radius 3 is 2.88 bits per heavy atom. The van der Waals surface area contributed by atoms with Gasteiger partial charge in [0, 0.05) is 24.7 Å². The van der Waals surface area contributed by atoms with Crippen LogP contribution in [0.1, 0.15) is 23.7 Å². The molecular formula is C11H15ClN2O2. The second-order valence-electron chi connectivity index (χ2n) is 3.73. The summed E-state index contributed by atoms with van der Waals surface area (Å²) in [5.74, 6) is 0.761. The number of halogens is 1. The highest BCUT2D eigenvalue weighted by Crippen LogP contribution is 2.02. The summed E-state index contributed by atoms with van der Waals surface area (Å²) in [4.78, 5) is 24.8. The first-order chi connectivity index (χ1) is 7.63. The van der Waals surface area contributed by atoms with Crippen LogP contribution in [0.4, 0.5) is 0 Å². The lowest BCUT2D eigenvalue weighted by molar-refractivity contribution is 0.0947. The number of carbonyl (C=O) groups is 1. The van der Waals surface area contributed by atoms with Crippen LogP contribution in [0.3, 0.4) is 0 Å². The highest BCUT2D eigenvalue weighted by Gasteiger charge is 2.07. The van der Waals surface area contributed by atoms with E-state index in [0.717, 1.165) is 6.42 Å². The summed E-state index contributed by atoms with van der Waals surface area (Å²) in [5.41, 5.74) is 0.240. The molecule has 1 atom stereocenters. The lowest BCUT2D eigenvalue weighted by Gasteiger charge is -2.10. The molecule has 1 rings (SSSR count). The number of nitrogens with one attached hydrogen (secondary N) is 2. The van der Waals surface area contributed by atoms with E-state index in [1.54, 1.807) is 0 Å². The normalized spacial score (nSPS) is 12.1. The molecule has 5 heteroatoms. The maximum absolute atomic E-state index is 11.6. The van der Waals surface area contributed by atoms with Crippen LogP contribution in [-0.2, 0) is 0 Å². The van der Waals surface area contributed by atoms with Crippen LogP contribution in [0.5, 0.6) is 0 Å². The van der Waals surface area contributed by atoms with Crippen molar-refractivity contribution in [2.75, 3.05) is 12.4 Å². The van der Waals surface area contributed by atoms with E-state index < -0.39 is 0 Å². The number of hydrogen-bond acceptors (Lipinski definition) is 2. The van der Waals surface area contributed by atoms with Gasteiger partial charge in [-0.1, -0.05) is 6.92 Å². The van der Waals surface area contributed by atoms with Crippen LogP contribution in [-0.4, -0.2) is 23.3 Å². The highest BCUT2D eigenvalue weighted by atomic mass is 35.5. The van der Waals surface area contributed by atoms with Crippen LogP contribution in [0, 0.1) is 5.92 Å². The minimum atomic E-state index is -0.216. The number of hydrogen-bond donors (Lipinski definition) is 2. The molecule has 0 aliphatic heterocycles. The van der Waals surface area contributed by atoms with Crippen LogP contribution < -0.4 is 10.9 Å². The molecule has 1 unspecified atom stereocenters. The fraction of sp³-hybridized carbons (Fsp3) is 0.455. The average Bonchev–Trinajstić information content (AvgIpc) is 2.27. The van der Waals surface area contributed by atoms with Crippen molar-refractivity contribution < 1.29 is 4.79 Å². The monoisotopic (exact) mass is 242 g/mol. The Bertz CT molecular complexity index is 383. The van der Waals surface area contributed by atoms with Gasteiger partial charge in [0.2, 0.25) is 5.56 Å². The van der Waals surface area contributed by atoms with E-state index in [-0.39, 0.29) is 11.5 Å². The SMILES string of the molecule is CC(CCCl)CNC(=O)c1ccc(=O)[nH]c1. The van der Waals surface area contributed by atoms with Crippen molar-refractivity contribution in [2.45, 2.75) is 13.3 Å². The molecular weight excluding hydrogens is 228 g/mol. The molecule has 1 aromatic rings. The first-order valence-corrected chi connectivity index (χ1v) is 5.70. The smallest absolute Gasteiger partial charge is 0.252 e. The second-order valence-corrected chi connectivity index (χ2v) is 4.11. The van der Waals surface area contributed by atoms with Crippen molar-refractivity contribution in [2.24, 2.45) is 5.92 Å². The molecule has 0 spiro atoms. The van der Waals surface area contributed by atoms with Gasteiger partial charge in [0.15, 0.2) is 0 Å². The van der Waals surface area contributed by atoms with E-state index in [2.05, 4.69) is 10.3 Å². The maximum atomic E-state index is 11.6. The number of alkyl halides is 1. The zero-order valence-corrected chi connectivity index (χ0v) is 9.88. The Morgan fingerprint density at radius 1 is 1.56 bits per heavy atom. The molecule has 1 heterocycles. The van der Waals surface area contributed by atoms with Crippen LogP contribution >= 0.6 is 11.6 Å². The van der Waals surface area contributed by atoms with Crippen molar-refractivity contribution in [1.82, 2.24) is 10.3 Å². The van der Waals surface area contributed by atoms with Gasteiger partial charge in [-0.15, -0.1) is 11.6 Å². The van der Waals surface area contributed by atoms with Crippen molar-refractivity contribution in [1.29, 1.82) is 0 Å². The molecule has 0 aromatic carbocycles. The lowest BCUT2D eigenvalue weighted by atomic mass is 10.1. The molecule has 1 aromatic heterocycles. The third-order valence-electron chi connectivity index (χ3n) is 2.26. The van der Waals surface area contributed by atoms with Gasteiger partial charge in [-0.2, -0.15) is 0 Å². The van der Waals surface area contributed by atoms with Crippen molar-refractivity contribution in [3.63, 3.8) is 0 Å². The van der Waals surface area contributed by atoms with E-state index in [1.165, 1.54) is 18.3 Å². The van der Waals surface area contributed by atoms with Gasteiger partial charge in [-0.25, -0.2) is 0 Å². The van der Waals surface area contributed by atoms with Gasteiger partial charge in [-0.05, 0) is 18.4 Å². The van der Waals surface area contributed by atoms with Gasteiger partial charge in [0.05, 0.1) is 5.56 Å². The van der Waals surface area contributed by atoms with E-state index in [9.17, 15) is 9.59 Å². The molecule has 1 amide bonds. The fourth-order valence-corrected chi connectivity index (χ4v) is 1.58. The number of H-pyrrole nitrogens is 1. The Balaban J connectivity index is 2.46. The Kier molecular flexibility index (Phi) is 5.05. The molecule has 0 fully saturated rings. The Labute approximate surface area is 99.0 Å². The van der Waals surface area contributed by atoms with Gasteiger partial charge < -0.3 is 10.3 Å². The summed E-state index contributed by atoms with van der Waals surface area (Å²) in [6, 6.07) is 2.83. The summed E-state index contributed by atoms with van der Waals surface area (Å²) < 4.78 is 0. The van der Waals surface area contributed by atoms with Crippen molar-refractivity contribution in [3.05, 3.63) is 34.2 Å². The number of aromatic nitrogens is 1. The predicted molar refractivity (Wildman–Crippen MR) is 63.9 cm³/mol.